The summed E-state index contributed by atoms with van der Waals surface area (Å²) in [4.78, 5) is 4.54. The van der Waals surface area contributed by atoms with Gasteiger partial charge in [0, 0.05) is 25.0 Å². The number of hydrogen-bond donors (Lipinski definition) is 1. The van der Waals surface area contributed by atoms with Gasteiger partial charge in [-0.05, 0) is 24.0 Å². The number of fused-ring (bicyclic) bond motifs is 1. The van der Waals surface area contributed by atoms with Gasteiger partial charge >= 0.3 is 0 Å². The van der Waals surface area contributed by atoms with Crippen LogP contribution in [0.15, 0.2) is 24.5 Å². The second kappa shape index (κ2) is 3.72. The van der Waals surface area contributed by atoms with E-state index in [0.29, 0.717) is 11.5 Å². The molecule has 0 spiro atoms. The fourth-order valence-electron chi connectivity index (χ4n) is 2.15. The van der Waals surface area contributed by atoms with Crippen LogP contribution < -0.4 is 5.32 Å². The van der Waals surface area contributed by atoms with Gasteiger partial charge in [-0.3, -0.25) is 0 Å². The molecule has 2 aromatic heterocycles. The van der Waals surface area contributed by atoms with Crippen molar-refractivity contribution in [3.8, 4) is 0 Å². The standard InChI is InChI=1S/C13H16ClN3/c1-13(2)5-11(13)15-6-10-8-17-7-9(14)3-4-12(17)16-10/h3-4,7-8,11,15H,5-6H2,1-2H3. The van der Waals surface area contributed by atoms with E-state index >= 15 is 0 Å². The summed E-state index contributed by atoms with van der Waals surface area (Å²) in [5.41, 5.74) is 2.47. The van der Waals surface area contributed by atoms with Crippen LogP contribution in [-0.2, 0) is 6.54 Å². The molecule has 1 N–H and O–H groups in total. The minimum absolute atomic E-state index is 0.461. The van der Waals surface area contributed by atoms with Crippen LogP contribution in [0.3, 0.4) is 0 Å². The SMILES string of the molecule is CC1(C)CC1NCc1cn2cc(Cl)ccc2n1. The van der Waals surface area contributed by atoms with Crippen LogP contribution in [0, 0.1) is 5.41 Å². The number of pyridine rings is 1. The molecule has 3 rings (SSSR count). The summed E-state index contributed by atoms with van der Waals surface area (Å²) in [6.07, 6.45) is 5.17. The van der Waals surface area contributed by atoms with Crippen molar-refractivity contribution >= 4 is 17.2 Å². The molecule has 0 amide bonds. The molecule has 0 bridgehead atoms. The van der Waals surface area contributed by atoms with E-state index in [9.17, 15) is 0 Å². The van der Waals surface area contributed by atoms with Crippen molar-refractivity contribution in [2.24, 2.45) is 5.41 Å². The van der Waals surface area contributed by atoms with Crippen molar-refractivity contribution in [1.82, 2.24) is 14.7 Å². The second-order valence-electron chi connectivity index (χ2n) is 5.47. The lowest BCUT2D eigenvalue weighted by molar-refractivity contribution is 0.539. The van der Waals surface area contributed by atoms with E-state index < -0.39 is 0 Å². The van der Waals surface area contributed by atoms with Gasteiger partial charge in [-0.15, -0.1) is 0 Å². The molecule has 0 aromatic carbocycles. The van der Waals surface area contributed by atoms with Crippen LogP contribution in [0.2, 0.25) is 5.02 Å². The fourth-order valence-corrected chi connectivity index (χ4v) is 2.31. The molecule has 0 aliphatic heterocycles. The second-order valence-corrected chi connectivity index (χ2v) is 5.91. The van der Waals surface area contributed by atoms with Gasteiger partial charge in [-0.2, -0.15) is 0 Å². The number of aromatic nitrogens is 2. The van der Waals surface area contributed by atoms with Crippen molar-refractivity contribution in [3.63, 3.8) is 0 Å². The summed E-state index contributed by atoms with van der Waals surface area (Å²) in [5.74, 6) is 0. The topological polar surface area (TPSA) is 29.3 Å². The molecule has 4 heteroatoms. The Balaban J connectivity index is 1.73. The molecule has 1 fully saturated rings. The predicted octanol–water partition coefficient (Wildman–Crippen LogP) is 2.88. The summed E-state index contributed by atoms with van der Waals surface area (Å²) in [5, 5.41) is 4.26. The first-order valence-electron chi connectivity index (χ1n) is 5.91. The zero-order valence-electron chi connectivity index (χ0n) is 10.1. The van der Waals surface area contributed by atoms with E-state index in [1.165, 1.54) is 6.42 Å². The molecule has 1 unspecified atom stereocenters. The van der Waals surface area contributed by atoms with E-state index in [1.807, 2.05) is 28.9 Å². The molecule has 1 saturated carbocycles. The Labute approximate surface area is 106 Å². The maximum atomic E-state index is 5.94. The van der Waals surface area contributed by atoms with Gasteiger partial charge in [0.2, 0.25) is 0 Å². The highest BCUT2D eigenvalue weighted by molar-refractivity contribution is 6.30. The average Bonchev–Trinajstić information content (AvgIpc) is 2.71. The first-order valence-corrected chi connectivity index (χ1v) is 6.29. The smallest absolute Gasteiger partial charge is 0.137 e. The lowest BCUT2D eigenvalue weighted by atomic mass is 10.2. The number of nitrogens with zero attached hydrogens (tertiary/aromatic N) is 2. The quantitative estimate of drug-likeness (QED) is 0.907. The minimum atomic E-state index is 0.461. The highest BCUT2D eigenvalue weighted by atomic mass is 35.5. The van der Waals surface area contributed by atoms with Crippen LogP contribution in [0.1, 0.15) is 26.0 Å². The number of halogens is 1. The molecule has 1 aliphatic carbocycles. The van der Waals surface area contributed by atoms with E-state index in [-0.39, 0.29) is 0 Å². The molecule has 2 heterocycles. The largest absolute Gasteiger partial charge is 0.308 e. The molecule has 0 radical (unpaired) electrons. The summed E-state index contributed by atoms with van der Waals surface area (Å²) >= 11 is 5.94. The van der Waals surface area contributed by atoms with Gasteiger partial charge in [0.15, 0.2) is 0 Å². The van der Waals surface area contributed by atoms with Gasteiger partial charge in [-0.25, -0.2) is 4.98 Å². The average molecular weight is 250 g/mol. The van der Waals surface area contributed by atoms with Crippen LogP contribution >= 0.6 is 11.6 Å². The summed E-state index contributed by atoms with van der Waals surface area (Å²) < 4.78 is 1.97. The highest BCUT2D eigenvalue weighted by Gasteiger charge is 2.45. The number of rotatable bonds is 3. The Kier molecular flexibility index (Phi) is 2.42. The Morgan fingerprint density at radius 2 is 2.24 bits per heavy atom. The third kappa shape index (κ3) is 2.17. The maximum Gasteiger partial charge on any atom is 0.137 e. The molecule has 1 atom stereocenters. The Hall–Kier alpha value is -1.06. The van der Waals surface area contributed by atoms with Gasteiger partial charge in [-0.1, -0.05) is 25.4 Å². The minimum Gasteiger partial charge on any atom is -0.308 e. The summed E-state index contributed by atoms with van der Waals surface area (Å²) in [7, 11) is 0. The van der Waals surface area contributed by atoms with Crippen LogP contribution in [0.4, 0.5) is 0 Å². The van der Waals surface area contributed by atoms with Crippen molar-refractivity contribution in [1.29, 1.82) is 0 Å². The lowest BCUT2D eigenvalue weighted by Gasteiger charge is -2.03. The first kappa shape index (κ1) is 11.1. The van der Waals surface area contributed by atoms with Gasteiger partial charge < -0.3 is 9.72 Å². The summed E-state index contributed by atoms with van der Waals surface area (Å²) in [6, 6.07) is 4.44. The maximum absolute atomic E-state index is 5.94. The van der Waals surface area contributed by atoms with Crippen molar-refractivity contribution < 1.29 is 0 Å². The molecule has 3 nitrogen and oxygen atoms in total. The molecule has 17 heavy (non-hydrogen) atoms. The third-order valence-corrected chi connectivity index (χ3v) is 3.73. The van der Waals surface area contributed by atoms with E-state index in [2.05, 4.69) is 24.1 Å². The lowest BCUT2D eigenvalue weighted by Crippen LogP contribution is -2.20. The Morgan fingerprint density at radius 1 is 1.47 bits per heavy atom. The van der Waals surface area contributed by atoms with Crippen molar-refractivity contribution in [3.05, 3.63) is 35.2 Å². The van der Waals surface area contributed by atoms with Crippen LogP contribution in [0.25, 0.3) is 5.65 Å². The highest BCUT2D eigenvalue weighted by Crippen LogP contribution is 2.44. The monoisotopic (exact) mass is 249 g/mol. The number of hydrogen-bond acceptors (Lipinski definition) is 2. The van der Waals surface area contributed by atoms with Crippen molar-refractivity contribution in [2.45, 2.75) is 32.9 Å². The first-order chi connectivity index (χ1) is 8.04. The summed E-state index contributed by atoms with van der Waals surface area (Å²) in [6.45, 7) is 5.40. The molecule has 2 aromatic rings. The third-order valence-electron chi connectivity index (χ3n) is 3.51. The van der Waals surface area contributed by atoms with E-state index in [0.717, 1.165) is 22.9 Å². The molecule has 0 saturated heterocycles. The van der Waals surface area contributed by atoms with Crippen LogP contribution in [0.5, 0.6) is 0 Å². The molecular formula is C13H16ClN3. The van der Waals surface area contributed by atoms with Gasteiger partial charge in [0.1, 0.15) is 5.65 Å². The van der Waals surface area contributed by atoms with Gasteiger partial charge in [0.05, 0.1) is 10.7 Å². The van der Waals surface area contributed by atoms with E-state index in [4.69, 9.17) is 11.6 Å². The zero-order chi connectivity index (χ0) is 12.0. The fraction of sp³-hybridized carbons (Fsp3) is 0.462. The Morgan fingerprint density at radius 3 is 2.94 bits per heavy atom. The number of imidazole rings is 1. The predicted molar refractivity (Wildman–Crippen MR) is 69.2 cm³/mol. The zero-order valence-corrected chi connectivity index (χ0v) is 10.8. The normalized spacial score (nSPS) is 21.9. The Bertz CT molecular complexity index is 559. The van der Waals surface area contributed by atoms with E-state index in [1.54, 1.807) is 0 Å². The van der Waals surface area contributed by atoms with Gasteiger partial charge in [0.25, 0.3) is 0 Å². The van der Waals surface area contributed by atoms with Crippen molar-refractivity contribution in [2.75, 3.05) is 0 Å². The van der Waals surface area contributed by atoms with Crippen LogP contribution in [-0.4, -0.2) is 15.4 Å². The molecular weight excluding hydrogens is 234 g/mol. The molecule has 1 aliphatic rings. The molecule has 90 valence electrons. The number of nitrogens with one attached hydrogen (secondary N) is 1.